The molecular weight excluding hydrogens is 1760 g/mol. The fourth-order valence-corrected chi connectivity index (χ4v) is 33.6. The maximum absolute atomic E-state index is 13.0. The third-order valence-electron chi connectivity index (χ3n) is 9.60. The summed E-state index contributed by atoms with van der Waals surface area (Å²) >= 11 is 0. The number of hydrogen-bond acceptors (Lipinski definition) is 34. The summed E-state index contributed by atoms with van der Waals surface area (Å²) in [6.07, 6.45) is 7.62. The van der Waals surface area contributed by atoms with Crippen LogP contribution >= 0.6 is 44.2 Å². The van der Waals surface area contributed by atoms with Crippen LogP contribution in [0.5, 0.6) is 0 Å². The number of carbonyl (C=O) groups excluding carboxylic acids is 12. The first-order valence-electron chi connectivity index (χ1n) is 33.6. The van der Waals surface area contributed by atoms with Crippen LogP contribution in [-0.2, 0) is 110 Å². The molecule has 1 atom stereocenters. The summed E-state index contributed by atoms with van der Waals surface area (Å²) in [7, 11) is -41.3. The molecule has 0 radical (unpaired) electrons. The van der Waals surface area contributed by atoms with E-state index in [9.17, 15) is 107 Å². The van der Waals surface area contributed by atoms with Gasteiger partial charge in [0, 0.05) is 10.8 Å². The number of alkyl halides is 5. The van der Waals surface area contributed by atoms with E-state index in [0.29, 0.717) is 0 Å². The van der Waals surface area contributed by atoms with Gasteiger partial charge in [0.05, 0.1) is 18.1 Å². The topological polar surface area (TPSA) is 455 Å². The molecule has 0 spiro atoms. The molecule has 0 saturated heterocycles. The molecule has 0 aromatic rings. The van der Waals surface area contributed by atoms with E-state index in [-0.39, 0.29) is 31.3 Å². The Hall–Kier alpha value is -5.79. The minimum Gasteiger partial charge on any atom is -0.458 e. The van der Waals surface area contributed by atoms with Crippen molar-refractivity contribution in [3.63, 3.8) is 0 Å². The van der Waals surface area contributed by atoms with Gasteiger partial charge in [0.1, 0.15) is 39.8 Å². The summed E-state index contributed by atoms with van der Waals surface area (Å²) in [5.74, 6) is 4.06. The van der Waals surface area contributed by atoms with Gasteiger partial charge in [0.2, 0.25) is 11.0 Å². The summed E-state index contributed by atoms with van der Waals surface area (Å²) in [6.45, 7) is 50.8. The van der Waals surface area contributed by atoms with Crippen LogP contribution in [0.2, 0.25) is 118 Å². The molecule has 0 aromatic heterocycles. The average molecular weight is 1880 g/mol. The molecule has 51 heteroatoms. The van der Waals surface area contributed by atoms with Gasteiger partial charge in [-0.2, -0.15) is 13.2 Å². The van der Waals surface area contributed by atoms with Gasteiger partial charge in [-0.3, -0.25) is 37.0 Å². The highest BCUT2D eigenvalue weighted by molar-refractivity contribution is 7.93. The first kappa shape index (κ1) is 120. The molecule has 0 rings (SSSR count). The van der Waals surface area contributed by atoms with E-state index >= 15 is 0 Å². The molecule has 0 N–H and O–H groups in total. The van der Waals surface area contributed by atoms with E-state index < -0.39 is 226 Å². The molecule has 662 valence electrons. The molecule has 0 aliphatic rings. The van der Waals surface area contributed by atoms with Crippen LogP contribution in [0.15, 0.2) is 50.0 Å². The SMILES string of the molecule is C#CCOC(=O)P(=O)(O[Si](C)(C)C)C(=O)OCC#C.C=C(C)OC(=O)P(=O)(O[Si](C)(C)C)C(=O)OC(=C)C.C=CCOC(=O)P(=O)(O[Si](C)(C)C)C(=O)OCC=C.CC(C)(C)C(=O)P(=O)(O[Si](C)(C)C)C(=O)C(C)(C)C.CCOC(=O)P(=O)(O[Si](C)(C)C)C(=O)OCC(F)(F)F.C[Si](C)(C)OP(=O)(C(=O)OCCF)C(=O)OCCF. The van der Waals surface area contributed by atoms with Gasteiger partial charge in [0.25, 0.3) is 0 Å². The lowest BCUT2D eigenvalue weighted by Gasteiger charge is -2.32. The molecule has 0 fully saturated rings. The third kappa shape index (κ3) is 50.7. The molecule has 0 heterocycles. The van der Waals surface area contributed by atoms with Crippen LogP contribution in [0.1, 0.15) is 62.3 Å². The predicted octanol–water partition coefficient (Wildman–Crippen LogP) is 22.4. The molecule has 0 amide bonds. The second kappa shape index (κ2) is 51.0. The minimum absolute atomic E-state index is 0.00697. The zero-order valence-corrected chi connectivity index (χ0v) is 81.5. The van der Waals surface area contributed by atoms with E-state index in [1.54, 1.807) is 120 Å². The van der Waals surface area contributed by atoms with Crippen LogP contribution in [0.3, 0.4) is 0 Å². The molecule has 0 aliphatic heterocycles. The molecule has 0 saturated carbocycles. The van der Waals surface area contributed by atoms with Gasteiger partial charge in [0.15, 0.2) is 69.7 Å². The Kier molecular flexibility index (Phi) is 53.2. The largest absolute Gasteiger partial charge is 0.458 e. The number of rotatable bonds is 38. The molecular formula is C64H113F5O34P6Si6. The Morgan fingerprint density at radius 3 is 0.765 bits per heavy atom. The van der Waals surface area contributed by atoms with Crippen molar-refractivity contribution in [3.8, 4) is 24.7 Å². The number of halogens is 5. The van der Waals surface area contributed by atoms with Crippen molar-refractivity contribution in [1.82, 2.24) is 0 Å². The fraction of sp³-hybridized carbons (Fsp3) is 0.625. The second-order valence-corrected chi connectivity index (χ2v) is 71.3. The number of terminal acetylenes is 2. The first-order valence-corrected chi connectivity index (χ1v) is 63.8. The minimum atomic E-state index is -4.80. The zero-order valence-electron chi connectivity index (χ0n) is 70.2. The van der Waals surface area contributed by atoms with Gasteiger partial charge >= 0.3 is 107 Å². The van der Waals surface area contributed by atoms with Gasteiger partial charge in [-0.1, -0.05) is 91.9 Å². The summed E-state index contributed by atoms with van der Waals surface area (Å²) in [5.41, 5.74) is -16.9. The second-order valence-electron chi connectivity index (χ2n) is 30.5. The summed E-state index contributed by atoms with van der Waals surface area (Å²) < 4.78 is 210. The predicted molar refractivity (Wildman–Crippen MR) is 436 cm³/mol. The third-order valence-corrected chi connectivity index (χ3v) is 37.3. The monoisotopic (exact) mass is 1870 g/mol. The lowest BCUT2D eigenvalue weighted by atomic mass is 9.99. The van der Waals surface area contributed by atoms with E-state index in [4.69, 9.17) is 38.1 Å². The lowest BCUT2D eigenvalue weighted by Crippen LogP contribution is -2.35. The maximum Gasteiger partial charge on any atom is 0.422 e. The molecule has 0 aromatic carbocycles. The van der Waals surface area contributed by atoms with Gasteiger partial charge in [-0.15, -0.1) is 12.8 Å². The fourth-order valence-electron chi connectivity index (χ4n) is 6.20. The summed E-state index contributed by atoms with van der Waals surface area (Å²) in [4.78, 5) is 142. The molecule has 115 heavy (non-hydrogen) atoms. The number of hydrogen-bond donors (Lipinski definition) is 0. The van der Waals surface area contributed by atoms with Crippen LogP contribution in [0.4, 0.5) is 69.9 Å². The standard InChI is InChI=1S/C13H27O4PSi.2C11H19O6PSi.C11H15O6PSi.C9H16F3O6PSi.C9H17F2O6PSi/c1-12(2,3)10(14)18(16,17-19(7,8)9)11(15)13(4,5)6;1-8(2)15-10(12)18(14,17-19(5,6)7)11(13)16-9(3)4;2*1-6-8-15-10(12)18(14,17-19(3,4)5)11(13)16-9-7-2;1-5-16-7(13)19(15,18-20(2,3)4)8(14)17-6-9(10,11)12;1-19(2,3)17-18(14,8(12)15-6-4-10)9(13)16-7-5-11/h1-9H3;1,3H2,2,4-7H3;6-7H,1-2,8-9H2,3-5H3;1-2H,8-9H2,3-5H3;5-6H2,1-4H3;4-7H2,1-3H3. The first-order chi connectivity index (χ1) is 51.2. The number of allylic oxidation sites excluding steroid dienone is 2. The Morgan fingerprint density at radius 1 is 0.365 bits per heavy atom. The number of carbonyl (C=O) groups is 12. The van der Waals surface area contributed by atoms with Crippen molar-refractivity contribution in [3.05, 3.63) is 50.0 Å². The van der Waals surface area contributed by atoms with Crippen LogP contribution in [-0.4, -0.2) is 190 Å². The van der Waals surface area contributed by atoms with Gasteiger partial charge < -0.3 is 72.6 Å². The zero-order chi connectivity index (χ0) is 92.8. The molecule has 34 nitrogen and oxygen atoms in total. The molecule has 1 unspecified atom stereocenters. The van der Waals surface area contributed by atoms with Crippen LogP contribution in [0, 0.1) is 35.5 Å². The summed E-state index contributed by atoms with van der Waals surface area (Å²) in [5, 5.41) is 0. The Labute approximate surface area is 676 Å². The summed E-state index contributed by atoms with van der Waals surface area (Å²) in [6, 6.07) is 0. The molecule has 0 bridgehead atoms. The highest BCUT2D eigenvalue weighted by atomic mass is 31.2. The van der Waals surface area contributed by atoms with Crippen LogP contribution in [0.25, 0.3) is 0 Å². The normalized spacial score (nSPS) is 12.7. The van der Waals surface area contributed by atoms with Crippen LogP contribution < -0.4 is 0 Å². The highest BCUT2D eigenvalue weighted by Gasteiger charge is 2.55. The quantitative estimate of drug-likeness (QED) is 0.0105. The van der Waals surface area contributed by atoms with E-state index in [2.05, 4.69) is 73.7 Å². The van der Waals surface area contributed by atoms with Crippen molar-refractivity contribution in [1.29, 1.82) is 0 Å². The highest BCUT2D eigenvalue weighted by Crippen LogP contribution is 2.60. The number of ether oxygens (including phenoxy) is 10. The van der Waals surface area contributed by atoms with E-state index in [0.717, 1.165) is 0 Å². The van der Waals surface area contributed by atoms with Crippen molar-refractivity contribution < 1.29 is 180 Å². The Balaban J connectivity index is -0.000000310. The Morgan fingerprint density at radius 2 is 0.574 bits per heavy atom. The smallest absolute Gasteiger partial charge is 0.422 e. The Bertz CT molecular complexity index is 3670. The maximum atomic E-state index is 13.0. The lowest BCUT2D eigenvalue weighted by molar-refractivity contribution is -0.158. The van der Waals surface area contributed by atoms with E-state index in [1.165, 1.54) is 52.6 Å². The van der Waals surface area contributed by atoms with Gasteiger partial charge in [-0.05, 0) is 139 Å². The van der Waals surface area contributed by atoms with Crippen molar-refractivity contribution in [2.45, 2.75) is 186 Å². The van der Waals surface area contributed by atoms with Gasteiger partial charge in [-0.25, -0.2) is 56.7 Å². The van der Waals surface area contributed by atoms with Crippen molar-refractivity contribution in [2.24, 2.45) is 10.8 Å². The van der Waals surface area contributed by atoms with Crippen molar-refractivity contribution >= 4 is 162 Å². The molecule has 0 aliphatic carbocycles. The van der Waals surface area contributed by atoms with E-state index in [1.807, 2.05) is 31.5 Å². The van der Waals surface area contributed by atoms with Crippen molar-refractivity contribution in [2.75, 3.05) is 66.2 Å². The average Bonchev–Trinajstić information content (AvgIpc) is 0.767.